The number of ether oxygens (including phenoxy) is 1. The summed E-state index contributed by atoms with van der Waals surface area (Å²) < 4.78 is 5.32. The second-order valence-corrected chi connectivity index (χ2v) is 5.23. The smallest absolute Gasteiger partial charge is 0.311 e. The van der Waals surface area contributed by atoms with Gasteiger partial charge < -0.3 is 9.72 Å². The molecule has 2 aromatic rings. The van der Waals surface area contributed by atoms with Gasteiger partial charge in [-0.25, -0.2) is 0 Å². The summed E-state index contributed by atoms with van der Waals surface area (Å²) in [7, 11) is 0. The Hall–Kier alpha value is -2.10. The van der Waals surface area contributed by atoms with Gasteiger partial charge in [0.25, 0.3) is 0 Å². The molecule has 0 radical (unpaired) electrons. The van der Waals surface area contributed by atoms with Crippen LogP contribution in [0.2, 0.25) is 0 Å². The van der Waals surface area contributed by atoms with Crippen LogP contribution in [0.15, 0.2) is 30.5 Å². The first-order valence-corrected chi connectivity index (χ1v) is 7.01. The summed E-state index contributed by atoms with van der Waals surface area (Å²) in [5.41, 5.74) is 1.91. The van der Waals surface area contributed by atoms with Crippen LogP contribution < -0.4 is 0 Å². The van der Waals surface area contributed by atoms with Crippen LogP contribution in [0, 0.1) is 0 Å². The molecule has 104 valence electrons. The monoisotopic (exact) mass is 271 g/mol. The van der Waals surface area contributed by atoms with Gasteiger partial charge in [0, 0.05) is 23.5 Å². The van der Waals surface area contributed by atoms with Gasteiger partial charge in [-0.15, -0.1) is 0 Å². The molecule has 0 aliphatic heterocycles. The van der Waals surface area contributed by atoms with E-state index in [0.29, 0.717) is 12.8 Å². The molecule has 1 aromatic carbocycles. The number of fused-ring (bicyclic) bond motifs is 1. The molecule has 0 spiro atoms. The molecular formula is C16H17NO3. The zero-order valence-corrected chi connectivity index (χ0v) is 11.2. The van der Waals surface area contributed by atoms with Crippen molar-refractivity contribution in [2.75, 3.05) is 0 Å². The Morgan fingerprint density at radius 3 is 3.00 bits per heavy atom. The van der Waals surface area contributed by atoms with Gasteiger partial charge in [0.15, 0.2) is 11.9 Å². The average molecular weight is 271 g/mol. The van der Waals surface area contributed by atoms with Crippen LogP contribution in [0.4, 0.5) is 0 Å². The Kier molecular flexibility index (Phi) is 3.54. The van der Waals surface area contributed by atoms with Crippen LogP contribution in [0.5, 0.6) is 0 Å². The summed E-state index contributed by atoms with van der Waals surface area (Å²) in [5, 5.41) is 1.03. The zero-order chi connectivity index (χ0) is 13.9. The van der Waals surface area contributed by atoms with E-state index in [2.05, 4.69) is 4.98 Å². The van der Waals surface area contributed by atoms with Crippen molar-refractivity contribution in [3.05, 3.63) is 36.0 Å². The second-order valence-electron chi connectivity index (χ2n) is 5.23. The number of esters is 1. The Bertz CT molecular complexity index is 644. The van der Waals surface area contributed by atoms with E-state index < -0.39 is 6.10 Å². The number of nitrogens with one attached hydrogen (secondary N) is 1. The van der Waals surface area contributed by atoms with Gasteiger partial charge in [-0.05, 0) is 30.9 Å². The topological polar surface area (TPSA) is 59.2 Å². The highest BCUT2D eigenvalue weighted by Gasteiger charge is 2.25. The number of para-hydroxylation sites is 1. The number of ketones is 1. The fourth-order valence-corrected chi connectivity index (χ4v) is 2.71. The van der Waals surface area contributed by atoms with Crippen molar-refractivity contribution >= 4 is 22.7 Å². The van der Waals surface area contributed by atoms with Gasteiger partial charge in [-0.1, -0.05) is 18.2 Å². The number of H-pyrrole nitrogens is 1. The second kappa shape index (κ2) is 5.49. The van der Waals surface area contributed by atoms with E-state index in [1.54, 1.807) is 0 Å². The highest BCUT2D eigenvalue weighted by Crippen LogP contribution is 2.21. The lowest BCUT2D eigenvalue weighted by Crippen LogP contribution is -2.30. The maximum atomic E-state index is 12.0. The summed E-state index contributed by atoms with van der Waals surface area (Å²) in [4.78, 5) is 26.8. The van der Waals surface area contributed by atoms with Crippen LogP contribution in [-0.4, -0.2) is 22.8 Å². The summed E-state index contributed by atoms with van der Waals surface area (Å²) in [6.07, 6.45) is 4.57. The number of hydrogen-bond acceptors (Lipinski definition) is 3. The molecule has 3 rings (SSSR count). The quantitative estimate of drug-likeness (QED) is 0.873. The lowest BCUT2D eigenvalue weighted by molar-refractivity contribution is -0.156. The van der Waals surface area contributed by atoms with Crippen LogP contribution >= 0.6 is 0 Å². The number of Topliss-reactive ketones (excluding diaryl/α,β-unsaturated/α-hetero) is 1. The van der Waals surface area contributed by atoms with E-state index in [9.17, 15) is 9.59 Å². The zero-order valence-electron chi connectivity index (χ0n) is 11.2. The highest BCUT2D eigenvalue weighted by molar-refractivity contribution is 5.89. The SMILES string of the molecule is O=C(Cc1c[nH]c2ccccc12)OC1CCCCC1=O. The van der Waals surface area contributed by atoms with Crippen molar-refractivity contribution in [1.29, 1.82) is 0 Å². The van der Waals surface area contributed by atoms with E-state index in [-0.39, 0.29) is 18.2 Å². The Labute approximate surface area is 117 Å². The molecule has 1 unspecified atom stereocenters. The molecule has 1 aliphatic carbocycles. The van der Waals surface area contributed by atoms with E-state index >= 15 is 0 Å². The predicted molar refractivity (Wildman–Crippen MR) is 75.4 cm³/mol. The molecule has 0 amide bonds. The third-order valence-electron chi connectivity index (χ3n) is 3.78. The molecule has 4 heteroatoms. The molecule has 1 aromatic heterocycles. The van der Waals surface area contributed by atoms with Crippen LogP contribution in [0.3, 0.4) is 0 Å². The summed E-state index contributed by atoms with van der Waals surface area (Å²) in [6.45, 7) is 0. The first-order valence-electron chi connectivity index (χ1n) is 7.01. The van der Waals surface area contributed by atoms with Crippen molar-refractivity contribution in [3.63, 3.8) is 0 Å². The van der Waals surface area contributed by atoms with E-state index in [1.807, 2.05) is 30.5 Å². The molecular weight excluding hydrogens is 254 g/mol. The Morgan fingerprint density at radius 1 is 1.30 bits per heavy atom. The summed E-state index contributed by atoms with van der Waals surface area (Å²) in [5.74, 6) is -0.265. The van der Waals surface area contributed by atoms with Crippen LogP contribution in [0.25, 0.3) is 10.9 Å². The molecule has 1 atom stereocenters. The molecule has 0 bridgehead atoms. The Morgan fingerprint density at radius 2 is 2.15 bits per heavy atom. The number of carbonyl (C=O) groups is 2. The first-order chi connectivity index (χ1) is 9.74. The fourth-order valence-electron chi connectivity index (χ4n) is 2.71. The largest absolute Gasteiger partial charge is 0.454 e. The minimum absolute atomic E-state index is 0.0588. The standard InChI is InChI=1S/C16H17NO3/c18-14-7-3-4-8-15(14)20-16(19)9-11-10-17-13-6-2-1-5-12(11)13/h1-2,5-6,10,15,17H,3-4,7-9H2. The maximum absolute atomic E-state index is 12.0. The van der Waals surface area contributed by atoms with E-state index in [1.165, 1.54) is 0 Å². The van der Waals surface area contributed by atoms with Crippen molar-refractivity contribution < 1.29 is 14.3 Å². The van der Waals surface area contributed by atoms with Gasteiger partial charge in [0.1, 0.15) is 0 Å². The number of benzene rings is 1. The van der Waals surface area contributed by atoms with Crippen molar-refractivity contribution in [3.8, 4) is 0 Å². The van der Waals surface area contributed by atoms with Crippen molar-refractivity contribution in [1.82, 2.24) is 4.98 Å². The average Bonchev–Trinajstić information content (AvgIpc) is 2.85. The molecule has 1 heterocycles. The number of aromatic amines is 1. The number of aromatic nitrogens is 1. The highest BCUT2D eigenvalue weighted by atomic mass is 16.5. The summed E-state index contributed by atoms with van der Waals surface area (Å²) >= 11 is 0. The summed E-state index contributed by atoms with van der Waals surface area (Å²) in [6, 6.07) is 7.83. The molecule has 1 fully saturated rings. The maximum Gasteiger partial charge on any atom is 0.311 e. The molecule has 1 N–H and O–H groups in total. The molecule has 1 aliphatic rings. The van der Waals surface area contributed by atoms with Crippen molar-refractivity contribution in [2.24, 2.45) is 0 Å². The van der Waals surface area contributed by atoms with Gasteiger partial charge >= 0.3 is 5.97 Å². The number of hydrogen-bond donors (Lipinski definition) is 1. The van der Waals surface area contributed by atoms with Gasteiger partial charge in [0.2, 0.25) is 0 Å². The van der Waals surface area contributed by atoms with Crippen LogP contribution in [-0.2, 0) is 20.7 Å². The predicted octanol–water partition coefficient (Wildman–Crippen LogP) is 2.77. The van der Waals surface area contributed by atoms with Gasteiger partial charge in [-0.3, -0.25) is 9.59 Å². The molecule has 1 saturated carbocycles. The molecule has 0 saturated heterocycles. The minimum Gasteiger partial charge on any atom is -0.454 e. The van der Waals surface area contributed by atoms with E-state index in [0.717, 1.165) is 29.3 Å². The molecule has 4 nitrogen and oxygen atoms in total. The Balaban J connectivity index is 1.68. The normalized spacial score (nSPS) is 19.2. The minimum atomic E-state index is -0.526. The van der Waals surface area contributed by atoms with Gasteiger partial charge in [0.05, 0.1) is 6.42 Å². The fraction of sp³-hybridized carbons (Fsp3) is 0.375. The number of rotatable bonds is 3. The van der Waals surface area contributed by atoms with E-state index in [4.69, 9.17) is 4.74 Å². The first kappa shape index (κ1) is 12.9. The number of carbonyl (C=O) groups excluding carboxylic acids is 2. The lowest BCUT2D eigenvalue weighted by Gasteiger charge is -2.20. The molecule has 20 heavy (non-hydrogen) atoms. The van der Waals surface area contributed by atoms with Crippen LogP contribution in [0.1, 0.15) is 31.2 Å². The third kappa shape index (κ3) is 2.59. The lowest BCUT2D eigenvalue weighted by atomic mass is 9.96. The van der Waals surface area contributed by atoms with Gasteiger partial charge in [-0.2, -0.15) is 0 Å². The third-order valence-corrected chi connectivity index (χ3v) is 3.78. The van der Waals surface area contributed by atoms with Crippen molar-refractivity contribution in [2.45, 2.75) is 38.2 Å².